The zero-order valence-corrected chi connectivity index (χ0v) is 8.82. The lowest BCUT2D eigenvalue weighted by Crippen LogP contribution is -2.44. The van der Waals surface area contributed by atoms with Crippen LogP contribution in [0.2, 0.25) is 0 Å². The number of carbonyl (C=O) groups excluding carboxylic acids is 1. The lowest BCUT2D eigenvalue weighted by Gasteiger charge is -2.26. The molecule has 15 heavy (non-hydrogen) atoms. The predicted octanol–water partition coefficient (Wildman–Crippen LogP) is 1.63. The van der Waals surface area contributed by atoms with Crippen LogP contribution in [0.3, 0.4) is 0 Å². The first kappa shape index (κ1) is 10.2. The first-order valence-corrected chi connectivity index (χ1v) is 5.21. The van der Waals surface area contributed by atoms with Crippen LogP contribution in [0.25, 0.3) is 0 Å². The van der Waals surface area contributed by atoms with Crippen molar-refractivity contribution in [1.82, 2.24) is 5.32 Å². The van der Waals surface area contributed by atoms with Gasteiger partial charge in [-0.15, -0.1) is 0 Å². The number of ether oxygens (including phenoxy) is 1. The Kier molecular flexibility index (Phi) is 3.02. The van der Waals surface area contributed by atoms with Gasteiger partial charge in [-0.1, -0.05) is 12.1 Å². The molecule has 0 radical (unpaired) electrons. The van der Waals surface area contributed by atoms with E-state index >= 15 is 0 Å². The minimum atomic E-state index is 0.157. The van der Waals surface area contributed by atoms with Crippen molar-refractivity contribution in [3.05, 3.63) is 29.8 Å². The third-order valence-corrected chi connectivity index (χ3v) is 2.76. The monoisotopic (exact) mass is 205 g/mol. The molecular weight excluding hydrogens is 190 g/mol. The van der Waals surface area contributed by atoms with Crippen molar-refractivity contribution in [3.8, 4) is 5.75 Å². The summed E-state index contributed by atoms with van der Waals surface area (Å²) in [5.74, 6) is 0.825. The zero-order chi connectivity index (χ0) is 10.7. The minimum Gasteiger partial charge on any atom is -0.496 e. The molecular formula is C12H15NO2. The van der Waals surface area contributed by atoms with Crippen LogP contribution < -0.4 is 10.1 Å². The van der Waals surface area contributed by atoms with Gasteiger partial charge in [0.1, 0.15) is 5.75 Å². The number of ketones is 1. The Labute approximate surface area is 89.4 Å². The fourth-order valence-corrected chi connectivity index (χ4v) is 1.73. The van der Waals surface area contributed by atoms with Crippen LogP contribution in [0.5, 0.6) is 5.75 Å². The average molecular weight is 205 g/mol. The molecule has 0 aliphatic carbocycles. The minimum absolute atomic E-state index is 0.157. The van der Waals surface area contributed by atoms with E-state index in [4.69, 9.17) is 4.74 Å². The number of benzene rings is 1. The first-order valence-electron chi connectivity index (χ1n) is 5.21. The summed E-state index contributed by atoms with van der Waals surface area (Å²) >= 11 is 0. The van der Waals surface area contributed by atoms with E-state index in [2.05, 4.69) is 5.32 Å². The Morgan fingerprint density at radius 2 is 2.27 bits per heavy atom. The lowest BCUT2D eigenvalue weighted by atomic mass is 9.97. The van der Waals surface area contributed by atoms with Gasteiger partial charge in [0.25, 0.3) is 0 Å². The Hall–Kier alpha value is -1.35. The van der Waals surface area contributed by atoms with Crippen LogP contribution in [0.4, 0.5) is 0 Å². The molecule has 80 valence electrons. The normalized spacial score (nSPS) is 19.4. The second-order valence-corrected chi connectivity index (χ2v) is 3.77. The molecule has 0 amide bonds. The molecule has 0 saturated carbocycles. The standard InChI is InChI=1S/C12H15NO2/c1-15-12-5-3-2-4-10(12)11(14)8-9-6-7-13-9/h2-5,9,13H,6-8H2,1H3. The van der Waals surface area contributed by atoms with E-state index < -0.39 is 0 Å². The molecule has 0 spiro atoms. The highest BCUT2D eigenvalue weighted by Gasteiger charge is 2.21. The topological polar surface area (TPSA) is 38.3 Å². The second-order valence-electron chi connectivity index (χ2n) is 3.77. The first-order chi connectivity index (χ1) is 7.31. The maximum absolute atomic E-state index is 11.9. The van der Waals surface area contributed by atoms with Crippen LogP contribution in [0.1, 0.15) is 23.2 Å². The summed E-state index contributed by atoms with van der Waals surface area (Å²) in [6, 6.07) is 7.74. The van der Waals surface area contributed by atoms with E-state index in [1.165, 1.54) is 0 Å². The van der Waals surface area contributed by atoms with Crippen LogP contribution in [0.15, 0.2) is 24.3 Å². The van der Waals surface area contributed by atoms with Gasteiger partial charge >= 0.3 is 0 Å². The third kappa shape index (κ3) is 2.18. The van der Waals surface area contributed by atoms with Crippen LogP contribution in [-0.2, 0) is 0 Å². The summed E-state index contributed by atoms with van der Waals surface area (Å²) in [6.45, 7) is 1.03. The molecule has 1 aliphatic rings. The maximum atomic E-state index is 11.9. The van der Waals surface area contributed by atoms with Gasteiger partial charge in [0, 0.05) is 12.5 Å². The highest BCUT2D eigenvalue weighted by atomic mass is 16.5. The summed E-state index contributed by atoms with van der Waals surface area (Å²) in [5.41, 5.74) is 0.689. The van der Waals surface area contributed by atoms with Gasteiger partial charge in [0.05, 0.1) is 12.7 Å². The molecule has 1 N–H and O–H groups in total. The Bertz CT molecular complexity index is 358. The molecule has 3 nitrogen and oxygen atoms in total. The average Bonchev–Trinajstić information content (AvgIpc) is 2.23. The number of methoxy groups -OCH3 is 1. The van der Waals surface area contributed by atoms with Crippen molar-refractivity contribution in [2.45, 2.75) is 18.9 Å². The Morgan fingerprint density at radius 3 is 2.87 bits per heavy atom. The predicted molar refractivity (Wildman–Crippen MR) is 58.3 cm³/mol. The molecule has 1 aromatic carbocycles. The molecule has 0 bridgehead atoms. The quantitative estimate of drug-likeness (QED) is 0.759. The van der Waals surface area contributed by atoms with Crippen molar-refractivity contribution < 1.29 is 9.53 Å². The molecule has 1 aromatic rings. The van der Waals surface area contributed by atoms with Gasteiger partial charge in [-0.2, -0.15) is 0 Å². The SMILES string of the molecule is COc1ccccc1C(=O)CC1CCN1. The van der Waals surface area contributed by atoms with Crippen molar-refractivity contribution in [3.63, 3.8) is 0 Å². The Balaban J connectivity index is 2.09. The molecule has 1 fully saturated rings. The van der Waals surface area contributed by atoms with E-state index in [1.807, 2.05) is 24.3 Å². The molecule has 2 rings (SSSR count). The molecule has 1 saturated heterocycles. The van der Waals surface area contributed by atoms with Gasteiger partial charge in [0.2, 0.25) is 0 Å². The fraction of sp³-hybridized carbons (Fsp3) is 0.417. The lowest BCUT2D eigenvalue weighted by molar-refractivity contribution is 0.0953. The van der Waals surface area contributed by atoms with Crippen molar-refractivity contribution in [2.75, 3.05) is 13.7 Å². The van der Waals surface area contributed by atoms with Crippen molar-refractivity contribution in [1.29, 1.82) is 0 Å². The summed E-state index contributed by atoms with van der Waals surface area (Å²) in [6.07, 6.45) is 1.67. The Morgan fingerprint density at radius 1 is 1.53 bits per heavy atom. The molecule has 1 atom stereocenters. The van der Waals surface area contributed by atoms with E-state index in [1.54, 1.807) is 7.11 Å². The number of Topliss-reactive ketones (excluding diaryl/α,β-unsaturated/α-hetero) is 1. The van der Waals surface area contributed by atoms with Crippen molar-refractivity contribution in [2.24, 2.45) is 0 Å². The molecule has 0 aromatic heterocycles. The van der Waals surface area contributed by atoms with Gasteiger partial charge in [-0.05, 0) is 25.1 Å². The van der Waals surface area contributed by atoms with Gasteiger partial charge in [-0.25, -0.2) is 0 Å². The van der Waals surface area contributed by atoms with Gasteiger partial charge in [-0.3, -0.25) is 4.79 Å². The largest absolute Gasteiger partial charge is 0.496 e. The number of para-hydroxylation sites is 1. The number of carbonyl (C=O) groups is 1. The van der Waals surface area contributed by atoms with Crippen LogP contribution in [0, 0.1) is 0 Å². The number of hydrogen-bond donors (Lipinski definition) is 1. The van der Waals surface area contributed by atoms with E-state index in [9.17, 15) is 4.79 Å². The van der Waals surface area contributed by atoms with Crippen LogP contribution in [-0.4, -0.2) is 25.5 Å². The van der Waals surface area contributed by atoms with E-state index in [0.717, 1.165) is 13.0 Å². The van der Waals surface area contributed by atoms with Crippen molar-refractivity contribution >= 4 is 5.78 Å². The van der Waals surface area contributed by atoms with Gasteiger partial charge in [0.15, 0.2) is 5.78 Å². The molecule has 1 aliphatic heterocycles. The van der Waals surface area contributed by atoms with E-state index in [0.29, 0.717) is 23.8 Å². The number of hydrogen-bond acceptors (Lipinski definition) is 3. The number of nitrogens with one attached hydrogen (secondary N) is 1. The fourth-order valence-electron chi connectivity index (χ4n) is 1.73. The smallest absolute Gasteiger partial charge is 0.168 e. The highest BCUT2D eigenvalue weighted by Crippen LogP contribution is 2.21. The van der Waals surface area contributed by atoms with Crippen LogP contribution >= 0.6 is 0 Å². The summed E-state index contributed by atoms with van der Waals surface area (Å²) in [4.78, 5) is 11.9. The third-order valence-electron chi connectivity index (χ3n) is 2.76. The summed E-state index contributed by atoms with van der Waals surface area (Å²) in [7, 11) is 1.59. The molecule has 3 heteroatoms. The number of rotatable bonds is 4. The molecule has 1 heterocycles. The maximum Gasteiger partial charge on any atom is 0.168 e. The summed E-state index contributed by atoms with van der Waals surface area (Å²) in [5, 5.41) is 3.22. The zero-order valence-electron chi connectivity index (χ0n) is 8.82. The summed E-state index contributed by atoms with van der Waals surface area (Å²) < 4.78 is 5.16. The molecule has 1 unspecified atom stereocenters. The van der Waals surface area contributed by atoms with Gasteiger partial charge < -0.3 is 10.1 Å². The highest BCUT2D eigenvalue weighted by molar-refractivity contribution is 5.99. The van der Waals surface area contributed by atoms with E-state index in [-0.39, 0.29) is 5.78 Å². The second kappa shape index (κ2) is 4.45.